The van der Waals surface area contributed by atoms with Gasteiger partial charge in [-0.15, -0.1) is 0 Å². The van der Waals surface area contributed by atoms with Crippen LogP contribution in [0.5, 0.6) is 0 Å². The molecule has 0 aromatic rings. The number of hydrogen-bond acceptors (Lipinski definition) is 2. The predicted molar refractivity (Wildman–Crippen MR) is 199 cm³/mol. The summed E-state index contributed by atoms with van der Waals surface area (Å²) in [5, 5.41) is 0. The van der Waals surface area contributed by atoms with Gasteiger partial charge in [0.05, 0.1) is 0 Å². The largest absolute Gasteiger partial charge is 0.309 e. The summed E-state index contributed by atoms with van der Waals surface area (Å²) in [5.41, 5.74) is 0. The second-order valence-corrected chi connectivity index (χ2v) is 14.8. The molecule has 0 aromatic heterocycles. The van der Waals surface area contributed by atoms with Crippen molar-refractivity contribution in [2.24, 2.45) is 11.8 Å². The predicted octanol–water partition coefficient (Wildman–Crippen LogP) is 13.5. The Bertz CT molecular complexity index is 504. The SMILES string of the molecule is CCCCCCCCCC(CC)CN(CCCCCCCCCN(C)C)CC(CCCCCC)CCCCCCCCC. The lowest BCUT2D eigenvalue weighted by Gasteiger charge is -2.31. The first-order valence-corrected chi connectivity index (χ1v) is 20.4. The summed E-state index contributed by atoms with van der Waals surface area (Å²) in [6.07, 6.45) is 41.7. The lowest BCUT2D eigenvalue weighted by Crippen LogP contribution is -2.35. The smallest absolute Gasteiger partial charge is 0.000977 e. The molecule has 2 unspecified atom stereocenters. The monoisotopic (exact) mass is 607 g/mol. The van der Waals surface area contributed by atoms with Crippen molar-refractivity contribution in [3.63, 3.8) is 0 Å². The van der Waals surface area contributed by atoms with Crippen molar-refractivity contribution in [2.45, 2.75) is 214 Å². The molecule has 0 aliphatic heterocycles. The number of nitrogens with zero attached hydrogens (tertiary/aromatic N) is 2. The summed E-state index contributed by atoms with van der Waals surface area (Å²) in [5.74, 6) is 1.84. The van der Waals surface area contributed by atoms with Gasteiger partial charge in [0.15, 0.2) is 0 Å². The van der Waals surface area contributed by atoms with Crippen molar-refractivity contribution < 1.29 is 0 Å². The molecule has 0 rings (SSSR count). The molecule has 0 radical (unpaired) electrons. The fourth-order valence-electron chi connectivity index (χ4n) is 7.03. The quantitative estimate of drug-likeness (QED) is 0.0654. The van der Waals surface area contributed by atoms with Gasteiger partial charge in [-0.2, -0.15) is 0 Å². The van der Waals surface area contributed by atoms with E-state index in [0.29, 0.717) is 0 Å². The molecule has 0 spiro atoms. The maximum atomic E-state index is 2.98. The Morgan fingerprint density at radius 2 is 0.674 bits per heavy atom. The summed E-state index contributed by atoms with van der Waals surface area (Å²) in [7, 11) is 4.40. The van der Waals surface area contributed by atoms with Crippen LogP contribution in [0, 0.1) is 11.8 Å². The first kappa shape index (κ1) is 42.9. The van der Waals surface area contributed by atoms with Crippen LogP contribution in [0.3, 0.4) is 0 Å². The summed E-state index contributed by atoms with van der Waals surface area (Å²) in [6, 6.07) is 0. The third-order valence-electron chi connectivity index (χ3n) is 10.1. The Morgan fingerprint density at radius 1 is 0.349 bits per heavy atom. The highest BCUT2D eigenvalue weighted by Gasteiger charge is 2.18. The van der Waals surface area contributed by atoms with E-state index in [1.807, 2.05) is 0 Å². The zero-order valence-corrected chi connectivity index (χ0v) is 31.4. The molecule has 0 saturated heterocycles. The standard InChI is InChI=1S/C41H86N2/c1-7-11-14-17-20-24-29-33-40(10-4)38-43(37-32-27-23-19-22-26-31-36-42(5)6)39-41(34-28-16-13-9-3)35-30-25-21-18-15-12-8-2/h40-41H,7-39H2,1-6H3. The van der Waals surface area contributed by atoms with Gasteiger partial charge in [-0.3, -0.25) is 0 Å². The summed E-state index contributed by atoms with van der Waals surface area (Å²) < 4.78 is 0. The normalized spacial score (nSPS) is 13.4. The van der Waals surface area contributed by atoms with Crippen LogP contribution in [0.1, 0.15) is 214 Å². The first-order chi connectivity index (χ1) is 21.1. The molecule has 0 aliphatic carbocycles. The zero-order chi connectivity index (χ0) is 31.6. The van der Waals surface area contributed by atoms with Gasteiger partial charge in [0.2, 0.25) is 0 Å². The summed E-state index contributed by atoms with van der Waals surface area (Å²) >= 11 is 0. The van der Waals surface area contributed by atoms with Gasteiger partial charge in [0.1, 0.15) is 0 Å². The molecule has 0 amide bonds. The van der Waals surface area contributed by atoms with E-state index < -0.39 is 0 Å². The molecule has 0 fully saturated rings. The number of rotatable bonds is 36. The molecule has 0 saturated carbocycles. The fraction of sp³-hybridized carbons (Fsp3) is 1.00. The molecule has 0 heterocycles. The average molecular weight is 607 g/mol. The maximum Gasteiger partial charge on any atom is 0.000977 e. The molecule has 0 aromatic carbocycles. The Balaban J connectivity index is 4.85. The van der Waals surface area contributed by atoms with E-state index in [4.69, 9.17) is 0 Å². The Hall–Kier alpha value is -0.0800. The van der Waals surface area contributed by atoms with Gasteiger partial charge in [-0.1, -0.05) is 182 Å². The first-order valence-electron chi connectivity index (χ1n) is 20.4. The molecule has 2 heteroatoms. The second kappa shape index (κ2) is 34.8. The second-order valence-electron chi connectivity index (χ2n) is 14.8. The van der Waals surface area contributed by atoms with Crippen LogP contribution in [0.4, 0.5) is 0 Å². The number of unbranched alkanes of at least 4 members (excludes halogenated alkanes) is 21. The van der Waals surface area contributed by atoms with E-state index >= 15 is 0 Å². The molecule has 260 valence electrons. The van der Waals surface area contributed by atoms with Crippen molar-refractivity contribution in [2.75, 3.05) is 40.3 Å². The van der Waals surface area contributed by atoms with Crippen LogP contribution in [0.15, 0.2) is 0 Å². The van der Waals surface area contributed by atoms with Gasteiger partial charge in [0.25, 0.3) is 0 Å². The molecule has 0 bridgehead atoms. The van der Waals surface area contributed by atoms with Gasteiger partial charge < -0.3 is 9.80 Å². The highest BCUT2D eigenvalue weighted by Crippen LogP contribution is 2.23. The van der Waals surface area contributed by atoms with Gasteiger partial charge in [-0.25, -0.2) is 0 Å². The minimum Gasteiger partial charge on any atom is -0.309 e. The molecule has 43 heavy (non-hydrogen) atoms. The number of hydrogen-bond donors (Lipinski definition) is 0. The summed E-state index contributed by atoms with van der Waals surface area (Å²) in [4.78, 5) is 5.31. The molecular formula is C41H86N2. The minimum atomic E-state index is 0.909. The molecular weight excluding hydrogens is 520 g/mol. The van der Waals surface area contributed by atoms with Crippen molar-refractivity contribution in [1.82, 2.24) is 9.80 Å². The maximum absolute atomic E-state index is 2.98. The fourth-order valence-corrected chi connectivity index (χ4v) is 7.03. The van der Waals surface area contributed by atoms with E-state index in [2.05, 4.69) is 51.6 Å². The van der Waals surface area contributed by atoms with Crippen molar-refractivity contribution in [1.29, 1.82) is 0 Å². The van der Waals surface area contributed by atoms with E-state index in [-0.39, 0.29) is 0 Å². The summed E-state index contributed by atoms with van der Waals surface area (Å²) in [6.45, 7) is 14.9. The van der Waals surface area contributed by atoms with Crippen molar-refractivity contribution >= 4 is 0 Å². The van der Waals surface area contributed by atoms with Crippen molar-refractivity contribution in [3.05, 3.63) is 0 Å². The third kappa shape index (κ3) is 31.7. The van der Waals surface area contributed by atoms with Crippen molar-refractivity contribution in [3.8, 4) is 0 Å². The molecule has 0 N–H and O–H groups in total. The van der Waals surface area contributed by atoms with E-state index in [9.17, 15) is 0 Å². The Labute approximate surface area is 275 Å². The van der Waals surface area contributed by atoms with Gasteiger partial charge in [0, 0.05) is 13.1 Å². The van der Waals surface area contributed by atoms with Crippen LogP contribution in [-0.4, -0.2) is 50.1 Å². The van der Waals surface area contributed by atoms with Crippen LogP contribution < -0.4 is 0 Å². The van der Waals surface area contributed by atoms with E-state index in [1.165, 1.54) is 212 Å². The Morgan fingerprint density at radius 3 is 1.09 bits per heavy atom. The van der Waals surface area contributed by atoms with E-state index in [0.717, 1.165) is 11.8 Å². The van der Waals surface area contributed by atoms with Gasteiger partial charge >= 0.3 is 0 Å². The molecule has 2 nitrogen and oxygen atoms in total. The third-order valence-corrected chi connectivity index (χ3v) is 10.1. The molecule has 0 aliphatic rings. The zero-order valence-electron chi connectivity index (χ0n) is 31.4. The van der Waals surface area contributed by atoms with Crippen LogP contribution >= 0.6 is 0 Å². The lowest BCUT2D eigenvalue weighted by atomic mass is 9.92. The van der Waals surface area contributed by atoms with Gasteiger partial charge in [-0.05, 0) is 71.1 Å². The lowest BCUT2D eigenvalue weighted by molar-refractivity contribution is 0.173. The van der Waals surface area contributed by atoms with E-state index in [1.54, 1.807) is 0 Å². The highest BCUT2D eigenvalue weighted by atomic mass is 15.1. The topological polar surface area (TPSA) is 6.48 Å². The van der Waals surface area contributed by atoms with Crippen LogP contribution in [-0.2, 0) is 0 Å². The highest BCUT2D eigenvalue weighted by molar-refractivity contribution is 4.72. The van der Waals surface area contributed by atoms with Crippen LogP contribution in [0.2, 0.25) is 0 Å². The van der Waals surface area contributed by atoms with Crippen LogP contribution in [0.25, 0.3) is 0 Å². The molecule has 2 atom stereocenters. The Kier molecular flexibility index (Phi) is 34.7. The average Bonchev–Trinajstić information content (AvgIpc) is 3.00. The minimum absolute atomic E-state index is 0.909.